The zero-order chi connectivity index (χ0) is 16.7. The Bertz CT molecular complexity index is 726. The maximum atomic E-state index is 14.4. The molecule has 4 nitrogen and oxygen atoms in total. The van der Waals surface area contributed by atoms with Crippen molar-refractivity contribution in [1.29, 1.82) is 0 Å². The van der Waals surface area contributed by atoms with Gasteiger partial charge in [-0.05, 0) is 41.7 Å². The van der Waals surface area contributed by atoms with Gasteiger partial charge in [-0.15, -0.1) is 0 Å². The second-order valence-electron chi connectivity index (χ2n) is 6.33. The van der Waals surface area contributed by atoms with E-state index in [2.05, 4.69) is 4.98 Å². The zero-order valence-electron chi connectivity index (χ0n) is 13.1. The van der Waals surface area contributed by atoms with Crippen LogP contribution in [0.15, 0.2) is 24.3 Å². The number of aromatic carboxylic acids is 1. The summed E-state index contributed by atoms with van der Waals surface area (Å²) >= 11 is 0. The van der Waals surface area contributed by atoms with E-state index < -0.39 is 11.8 Å². The molecule has 0 aliphatic rings. The van der Waals surface area contributed by atoms with Crippen LogP contribution >= 0.6 is 0 Å². The Morgan fingerprint density at radius 1 is 1.27 bits per heavy atom. The van der Waals surface area contributed by atoms with Crippen LogP contribution in [0.3, 0.4) is 0 Å². The summed E-state index contributed by atoms with van der Waals surface area (Å²) in [5, 5.41) is 9.09. The van der Waals surface area contributed by atoms with Crippen molar-refractivity contribution in [3.8, 4) is 11.3 Å². The first-order valence-corrected chi connectivity index (χ1v) is 6.92. The minimum atomic E-state index is -1.14. The molecule has 2 aromatic rings. The normalized spacial score (nSPS) is 11.5. The largest absolute Gasteiger partial charge is 0.478 e. The van der Waals surface area contributed by atoms with Gasteiger partial charge in [-0.25, -0.2) is 14.2 Å². The second kappa shape index (κ2) is 5.40. The lowest BCUT2D eigenvalue weighted by Gasteiger charge is -2.19. The number of hydrogen-bond donors (Lipinski definition) is 2. The maximum absolute atomic E-state index is 14.4. The summed E-state index contributed by atoms with van der Waals surface area (Å²) in [6.45, 7) is 7.63. The van der Waals surface area contributed by atoms with E-state index >= 15 is 0 Å². The van der Waals surface area contributed by atoms with E-state index in [1.807, 2.05) is 26.8 Å². The Labute approximate surface area is 128 Å². The summed E-state index contributed by atoms with van der Waals surface area (Å²) in [4.78, 5) is 15.2. The highest BCUT2D eigenvalue weighted by atomic mass is 19.1. The topological polar surface area (TPSA) is 76.2 Å². The van der Waals surface area contributed by atoms with Crippen LogP contribution in [0.4, 0.5) is 10.2 Å². The molecule has 22 heavy (non-hydrogen) atoms. The molecule has 0 spiro atoms. The van der Waals surface area contributed by atoms with E-state index in [9.17, 15) is 9.18 Å². The molecule has 1 aromatic heterocycles. The molecule has 0 aliphatic carbocycles. The highest BCUT2D eigenvalue weighted by Crippen LogP contribution is 2.30. The standard InChI is InChI=1S/C17H19FN2O2/c1-9-7-13(20-15(19)14(9)16(21)22)11-6-5-10(8-12(11)18)17(2,3)4/h5-8H,1-4H3,(H2,19,20)(H,21,22). The molecule has 1 aromatic carbocycles. The van der Waals surface area contributed by atoms with Crippen molar-refractivity contribution in [2.45, 2.75) is 33.1 Å². The van der Waals surface area contributed by atoms with E-state index in [1.54, 1.807) is 13.0 Å². The van der Waals surface area contributed by atoms with Gasteiger partial charge in [-0.2, -0.15) is 0 Å². The molecule has 0 saturated heterocycles. The van der Waals surface area contributed by atoms with Crippen molar-refractivity contribution in [1.82, 2.24) is 4.98 Å². The number of halogens is 1. The number of nitrogen functional groups attached to an aromatic ring is 1. The second-order valence-corrected chi connectivity index (χ2v) is 6.33. The number of hydrogen-bond acceptors (Lipinski definition) is 3. The number of pyridine rings is 1. The molecule has 0 fully saturated rings. The third-order valence-electron chi connectivity index (χ3n) is 3.57. The van der Waals surface area contributed by atoms with Gasteiger partial charge in [0.2, 0.25) is 0 Å². The molecule has 5 heteroatoms. The molecule has 2 rings (SSSR count). The van der Waals surface area contributed by atoms with Gasteiger partial charge in [0.15, 0.2) is 0 Å². The first-order valence-electron chi connectivity index (χ1n) is 6.92. The number of aromatic nitrogens is 1. The molecule has 0 radical (unpaired) electrons. The molecule has 0 aliphatic heterocycles. The number of benzene rings is 1. The fraction of sp³-hybridized carbons (Fsp3) is 0.294. The number of nitrogens with two attached hydrogens (primary N) is 1. The molecule has 1 heterocycles. The molecule has 0 amide bonds. The Kier molecular flexibility index (Phi) is 3.92. The summed E-state index contributed by atoms with van der Waals surface area (Å²) in [7, 11) is 0. The van der Waals surface area contributed by atoms with Gasteiger partial charge in [0.05, 0.1) is 5.69 Å². The molecular weight excluding hydrogens is 283 g/mol. The summed E-state index contributed by atoms with van der Waals surface area (Å²) in [5.41, 5.74) is 7.46. The average Bonchev–Trinajstić information content (AvgIpc) is 2.35. The predicted octanol–water partition coefficient (Wildman–Crippen LogP) is 3.77. The third-order valence-corrected chi connectivity index (χ3v) is 3.57. The van der Waals surface area contributed by atoms with Crippen molar-refractivity contribution in [2.24, 2.45) is 0 Å². The highest BCUT2D eigenvalue weighted by molar-refractivity contribution is 5.94. The van der Waals surface area contributed by atoms with Gasteiger partial charge < -0.3 is 10.8 Å². The van der Waals surface area contributed by atoms with E-state index in [1.165, 1.54) is 12.1 Å². The van der Waals surface area contributed by atoms with Crippen LogP contribution in [0, 0.1) is 12.7 Å². The molecule has 0 atom stereocenters. The van der Waals surface area contributed by atoms with E-state index in [-0.39, 0.29) is 16.8 Å². The fourth-order valence-electron chi connectivity index (χ4n) is 2.30. The molecule has 0 unspecified atom stereocenters. The van der Waals surface area contributed by atoms with Crippen molar-refractivity contribution < 1.29 is 14.3 Å². The third kappa shape index (κ3) is 2.93. The lowest BCUT2D eigenvalue weighted by molar-refractivity contribution is 0.0697. The Balaban J connectivity index is 2.56. The Morgan fingerprint density at radius 2 is 1.91 bits per heavy atom. The maximum Gasteiger partial charge on any atom is 0.339 e. The number of nitrogens with zero attached hydrogens (tertiary/aromatic N) is 1. The van der Waals surface area contributed by atoms with Crippen molar-refractivity contribution in [3.05, 3.63) is 46.8 Å². The van der Waals surface area contributed by atoms with Crippen LogP contribution in [0.25, 0.3) is 11.3 Å². The highest BCUT2D eigenvalue weighted by Gasteiger charge is 2.19. The average molecular weight is 302 g/mol. The van der Waals surface area contributed by atoms with Crippen molar-refractivity contribution in [3.63, 3.8) is 0 Å². The van der Waals surface area contributed by atoms with Gasteiger partial charge in [0.25, 0.3) is 0 Å². The monoisotopic (exact) mass is 302 g/mol. The Morgan fingerprint density at radius 3 is 2.36 bits per heavy atom. The van der Waals surface area contributed by atoms with Gasteiger partial charge >= 0.3 is 5.97 Å². The summed E-state index contributed by atoms with van der Waals surface area (Å²) in [5.74, 6) is -1.65. The van der Waals surface area contributed by atoms with Crippen LogP contribution in [0.5, 0.6) is 0 Å². The molecule has 0 saturated carbocycles. The van der Waals surface area contributed by atoms with Crippen molar-refractivity contribution in [2.75, 3.05) is 5.73 Å². The van der Waals surface area contributed by atoms with Crippen molar-refractivity contribution >= 4 is 11.8 Å². The number of carboxylic acid groups (broad SMARTS) is 1. The first kappa shape index (κ1) is 15.9. The molecule has 0 bridgehead atoms. The van der Waals surface area contributed by atoms with Gasteiger partial charge in [-0.1, -0.05) is 26.8 Å². The number of aryl methyl sites for hydroxylation is 1. The molecule has 3 N–H and O–H groups in total. The number of anilines is 1. The first-order chi connectivity index (χ1) is 10.1. The number of carboxylic acids is 1. The van der Waals surface area contributed by atoms with Crippen LogP contribution in [-0.2, 0) is 5.41 Å². The smallest absolute Gasteiger partial charge is 0.339 e. The summed E-state index contributed by atoms with van der Waals surface area (Å²) < 4.78 is 14.4. The van der Waals surface area contributed by atoms with Crippen LogP contribution in [-0.4, -0.2) is 16.1 Å². The summed E-state index contributed by atoms with van der Waals surface area (Å²) in [6, 6.07) is 6.51. The van der Waals surface area contributed by atoms with E-state index in [0.717, 1.165) is 5.56 Å². The zero-order valence-corrected chi connectivity index (χ0v) is 13.1. The van der Waals surface area contributed by atoms with E-state index in [0.29, 0.717) is 16.8 Å². The number of rotatable bonds is 2. The van der Waals surface area contributed by atoms with E-state index in [4.69, 9.17) is 10.8 Å². The lowest BCUT2D eigenvalue weighted by Crippen LogP contribution is -2.12. The van der Waals surface area contributed by atoms with Crippen LogP contribution in [0.2, 0.25) is 0 Å². The quantitative estimate of drug-likeness (QED) is 0.885. The van der Waals surface area contributed by atoms with Crippen LogP contribution < -0.4 is 5.73 Å². The minimum Gasteiger partial charge on any atom is -0.478 e. The molecule has 116 valence electrons. The predicted molar refractivity (Wildman–Crippen MR) is 84.4 cm³/mol. The van der Waals surface area contributed by atoms with Gasteiger partial charge in [0, 0.05) is 5.56 Å². The lowest BCUT2D eigenvalue weighted by atomic mass is 9.86. The Hall–Kier alpha value is -2.43. The summed E-state index contributed by atoms with van der Waals surface area (Å²) in [6.07, 6.45) is 0. The fourth-order valence-corrected chi connectivity index (χ4v) is 2.30. The van der Waals surface area contributed by atoms with Crippen LogP contribution in [0.1, 0.15) is 42.3 Å². The van der Waals surface area contributed by atoms with Gasteiger partial charge in [-0.3, -0.25) is 0 Å². The SMILES string of the molecule is Cc1cc(-c2ccc(C(C)(C)C)cc2F)nc(N)c1C(=O)O. The van der Waals surface area contributed by atoms with Gasteiger partial charge in [0.1, 0.15) is 17.2 Å². The number of carbonyl (C=O) groups is 1. The molecular formula is C17H19FN2O2. The minimum absolute atomic E-state index is 0.0459.